The standard InChI is InChI=1S/C15H22N2O2S2/c1-11(12-6-3-2-4-7-12)17-21(18,19)14-9-5-8-13(10-14)15(16)20/h5,8-12,17H,2-4,6-7H2,1H3,(H2,16,20). The third-order valence-corrected chi connectivity index (χ3v) is 5.92. The first kappa shape index (κ1) is 16.4. The number of thiocarbonyl (C=S) groups is 1. The Morgan fingerprint density at radius 1 is 1.33 bits per heavy atom. The summed E-state index contributed by atoms with van der Waals surface area (Å²) in [6.45, 7) is 1.95. The summed E-state index contributed by atoms with van der Waals surface area (Å²) in [5, 5.41) is 0. The van der Waals surface area contributed by atoms with Crippen LogP contribution in [-0.4, -0.2) is 19.4 Å². The van der Waals surface area contributed by atoms with Gasteiger partial charge in [0.05, 0.1) is 4.90 Å². The number of nitrogens with one attached hydrogen (secondary N) is 1. The molecule has 1 aliphatic carbocycles. The Balaban J connectivity index is 2.14. The van der Waals surface area contributed by atoms with Gasteiger partial charge in [-0.1, -0.05) is 43.6 Å². The molecule has 4 nitrogen and oxygen atoms in total. The zero-order valence-electron chi connectivity index (χ0n) is 12.2. The van der Waals surface area contributed by atoms with Gasteiger partial charge in [0.25, 0.3) is 0 Å². The van der Waals surface area contributed by atoms with Gasteiger partial charge < -0.3 is 5.73 Å². The van der Waals surface area contributed by atoms with Crippen LogP contribution in [0.1, 0.15) is 44.6 Å². The van der Waals surface area contributed by atoms with E-state index in [9.17, 15) is 8.42 Å². The second-order valence-electron chi connectivity index (χ2n) is 5.70. The first-order valence-corrected chi connectivity index (χ1v) is 9.21. The molecule has 21 heavy (non-hydrogen) atoms. The predicted octanol–water partition coefficient (Wildman–Crippen LogP) is 2.57. The maximum absolute atomic E-state index is 12.5. The van der Waals surface area contributed by atoms with Gasteiger partial charge in [-0.2, -0.15) is 0 Å². The Morgan fingerprint density at radius 2 is 2.00 bits per heavy atom. The van der Waals surface area contributed by atoms with E-state index < -0.39 is 10.0 Å². The molecule has 1 aromatic rings. The van der Waals surface area contributed by atoms with E-state index in [0.717, 1.165) is 12.8 Å². The monoisotopic (exact) mass is 326 g/mol. The van der Waals surface area contributed by atoms with Crippen LogP contribution in [0.25, 0.3) is 0 Å². The number of benzene rings is 1. The van der Waals surface area contributed by atoms with Crippen LogP contribution in [0.15, 0.2) is 29.2 Å². The Labute approximate surface area is 132 Å². The molecule has 0 bridgehead atoms. The van der Waals surface area contributed by atoms with Crippen molar-refractivity contribution in [3.63, 3.8) is 0 Å². The van der Waals surface area contributed by atoms with Crippen molar-refractivity contribution in [2.45, 2.75) is 50.0 Å². The second kappa shape index (κ2) is 6.85. The van der Waals surface area contributed by atoms with Gasteiger partial charge in [0, 0.05) is 11.6 Å². The fraction of sp³-hybridized carbons (Fsp3) is 0.533. The highest BCUT2D eigenvalue weighted by Gasteiger charge is 2.25. The normalized spacial score (nSPS) is 18.3. The molecule has 3 N–H and O–H groups in total. The van der Waals surface area contributed by atoms with Crippen LogP contribution < -0.4 is 10.5 Å². The number of sulfonamides is 1. The van der Waals surface area contributed by atoms with Gasteiger partial charge in [-0.25, -0.2) is 13.1 Å². The van der Waals surface area contributed by atoms with E-state index in [1.54, 1.807) is 18.2 Å². The summed E-state index contributed by atoms with van der Waals surface area (Å²) in [7, 11) is -3.53. The second-order valence-corrected chi connectivity index (χ2v) is 7.85. The lowest BCUT2D eigenvalue weighted by molar-refractivity contribution is 0.303. The van der Waals surface area contributed by atoms with Crippen LogP contribution in [0.5, 0.6) is 0 Å². The summed E-state index contributed by atoms with van der Waals surface area (Å²) in [4.78, 5) is 0.419. The van der Waals surface area contributed by atoms with Gasteiger partial charge in [-0.15, -0.1) is 0 Å². The highest BCUT2D eigenvalue weighted by atomic mass is 32.2. The van der Waals surface area contributed by atoms with Crippen LogP contribution >= 0.6 is 12.2 Å². The van der Waals surface area contributed by atoms with Crippen molar-refractivity contribution in [2.24, 2.45) is 11.7 Å². The van der Waals surface area contributed by atoms with Crippen molar-refractivity contribution in [2.75, 3.05) is 0 Å². The van der Waals surface area contributed by atoms with Gasteiger partial charge in [-0.05, 0) is 37.8 Å². The van der Waals surface area contributed by atoms with E-state index in [1.165, 1.54) is 25.3 Å². The molecule has 0 aliphatic heterocycles. The number of hydrogen-bond acceptors (Lipinski definition) is 3. The molecule has 116 valence electrons. The van der Waals surface area contributed by atoms with Crippen LogP contribution in [0.2, 0.25) is 0 Å². The van der Waals surface area contributed by atoms with Crippen molar-refractivity contribution in [3.05, 3.63) is 29.8 Å². The molecule has 0 heterocycles. The summed E-state index contributed by atoms with van der Waals surface area (Å²) in [5.74, 6) is 0.423. The molecule has 1 fully saturated rings. The van der Waals surface area contributed by atoms with E-state index in [1.807, 2.05) is 6.92 Å². The van der Waals surface area contributed by atoms with E-state index in [0.29, 0.717) is 11.5 Å². The molecular weight excluding hydrogens is 304 g/mol. The largest absolute Gasteiger partial charge is 0.389 e. The van der Waals surface area contributed by atoms with Crippen LogP contribution in [0.4, 0.5) is 0 Å². The molecule has 1 saturated carbocycles. The smallest absolute Gasteiger partial charge is 0.240 e. The number of hydrogen-bond donors (Lipinski definition) is 2. The first-order chi connectivity index (χ1) is 9.90. The Morgan fingerprint density at radius 3 is 2.62 bits per heavy atom. The van der Waals surface area contributed by atoms with Crippen LogP contribution in [-0.2, 0) is 10.0 Å². The van der Waals surface area contributed by atoms with Crippen molar-refractivity contribution in [1.29, 1.82) is 0 Å². The van der Waals surface area contributed by atoms with Gasteiger partial charge in [-0.3, -0.25) is 0 Å². The topological polar surface area (TPSA) is 72.2 Å². The third kappa shape index (κ3) is 4.25. The fourth-order valence-corrected chi connectivity index (χ4v) is 4.34. The molecule has 0 amide bonds. The fourth-order valence-electron chi connectivity index (χ4n) is 2.86. The molecule has 0 radical (unpaired) electrons. The molecule has 1 aliphatic rings. The molecule has 2 rings (SSSR count). The zero-order chi connectivity index (χ0) is 15.5. The van der Waals surface area contributed by atoms with Crippen molar-refractivity contribution >= 4 is 27.2 Å². The Kier molecular flexibility index (Phi) is 5.35. The quantitative estimate of drug-likeness (QED) is 0.816. The maximum atomic E-state index is 12.5. The highest BCUT2D eigenvalue weighted by molar-refractivity contribution is 7.89. The number of nitrogens with two attached hydrogens (primary N) is 1. The molecular formula is C15H22N2O2S2. The summed E-state index contributed by atoms with van der Waals surface area (Å²) in [6.07, 6.45) is 5.82. The first-order valence-electron chi connectivity index (χ1n) is 7.32. The minimum absolute atomic E-state index is 0.0521. The molecule has 1 atom stereocenters. The average molecular weight is 326 g/mol. The summed E-state index contributed by atoms with van der Waals surface area (Å²) in [6, 6.07) is 6.42. The summed E-state index contributed by atoms with van der Waals surface area (Å²) < 4.78 is 27.7. The van der Waals surface area contributed by atoms with Gasteiger partial charge in [0.2, 0.25) is 10.0 Å². The predicted molar refractivity (Wildman–Crippen MR) is 88.7 cm³/mol. The summed E-state index contributed by atoms with van der Waals surface area (Å²) in [5.41, 5.74) is 6.13. The Hall–Kier alpha value is -0.980. The molecule has 6 heteroatoms. The van der Waals surface area contributed by atoms with Crippen LogP contribution in [0, 0.1) is 5.92 Å². The minimum Gasteiger partial charge on any atom is -0.389 e. The lowest BCUT2D eigenvalue weighted by Gasteiger charge is -2.28. The minimum atomic E-state index is -3.53. The van der Waals surface area contributed by atoms with Crippen molar-refractivity contribution < 1.29 is 8.42 Å². The summed E-state index contributed by atoms with van der Waals surface area (Å²) >= 11 is 4.90. The van der Waals surface area contributed by atoms with E-state index in [-0.39, 0.29) is 15.9 Å². The third-order valence-electron chi connectivity index (χ3n) is 4.13. The molecule has 0 aromatic heterocycles. The zero-order valence-corrected chi connectivity index (χ0v) is 13.8. The number of rotatable bonds is 5. The average Bonchev–Trinajstić information content (AvgIpc) is 2.48. The van der Waals surface area contributed by atoms with Gasteiger partial charge >= 0.3 is 0 Å². The van der Waals surface area contributed by atoms with Crippen molar-refractivity contribution in [3.8, 4) is 0 Å². The molecule has 0 spiro atoms. The SMILES string of the molecule is CC(NS(=O)(=O)c1cccc(C(N)=S)c1)C1CCCCC1. The lowest BCUT2D eigenvalue weighted by atomic mass is 9.85. The maximum Gasteiger partial charge on any atom is 0.240 e. The molecule has 1 unspecified atom stereocenters. The van der Waals surface area contributed by atoms with Crippen LogP contribution in [0.3, 0.4) is 0 Å². The highest BCUT2D eigenvalue weighted by Crippen LogP contribution is 2.27. The van der Waals surface area contributed by atoms with E-state index >= 15 is 0 Å². The lowest BCUT2D eigenvalue weighted by Crippen LogP contribution is -2.38. The van der Waals surface area contributed by atoms with Crippen molar-refractivity contribution in [1.82, 2.24) is 4.72 Å². The van der Waals surface area contributed by atoms with Gasteiger partial charge in [0.15, 0.2) is 0 Å². The van der Waals surface area contributed by atoms with E-state index in [4.69, 9.17) is 18.0 Å². The molecule has 0 saturated heterocycles. The van der Waals surface area contributed by atoms with E-state index in [2.05, 4.69) is 4.72 Å². The Bertz CT molecular complexity index is 608. The molecule has 1 aromatic carbocycles. The van der Waals surface area contributed by atoms with Gasteiger partial charge in [0.1, 0.15) is 4.99 Å².